The van der Waals surface area contributed by atoms with Crippen LogP contribution in [-0.4, -0.2) is 36.9 Å². The third kappa shape index (κ3) is 3.82. The zero-order valence-corrected chi connectivity index (χ0v) is 17.3. The third-order valence-electron chi connectivity index (χ3n) is 4.91. The standard InChI is InChI=1S/C20H24N6OS/c1-11-17(12(2)26(4)25-11)23-19(27)13(3)28-20-22-16-8-6-5-7-15(16)18(24-20)21-14-9-10-14/h5-8,13-14H,9-10H2,1-4H3,(H,23,27)(H,21,22,24)/t13-/m1/s1. The first kappa shape index (κ1) is 18.7. The number of benzene rings is 1. The number of para-hydroxylation sites is 1. The van der Waals surface area contributed by atoms with Crippen molar-refractivity contribution in [2.75, 3.05) is 10.6 Å². The summed E-state index contributed by atoms with van der Waals surface area (Å²) in [6.07, 6.45) is 2.34. The van der Waals surface area contributed by atoms with Gasteiger partial charge < -0.3 is 10.6 Å². The average molecular weight is 397 g/mol. The molecule has 0 radical (unpaired) electrons. The lowest BCUT2D eigenvalue weighted by atomic mass is 10.2. The van der Waals surface area contributed by atoms with Crippen molar-refractivity contribution in [3.63, 3.8) is 0 Å². The summed E-state index contributed by atoms with van der Waals surface area (Å²) in [5, 5.41) is 12.1. The molecule has 7 nitrogen and oxygen atoms in total. The van der Waals surface area contributed by atoms with E-state index in [0.717, 1.165) is 33.8 Å². The number of aromatic nitrogens is 4. The van der Waals surface area contributed by atoms with E-state index >= 15 is 0 Å². The predicted molar refractivity (Wildman–Crippen MR) is 113 cm³/mol. The van der Waals surface area contributed by atoms with Crippen LogP contribution in [0.4, 0.5) is 11.5 Å². The number of nitrogens with one attached hydrogen (secondary N) is 2. The Balaban J connectivity index is 1.54. The molecule has 0 unspecified atom stereocenters. The van der Waals surface area contributed by atoms with E-state index in [4.69, 9.17) is 4.98 Å². The van der Waals surface area contributed by atoms with Gasteiger partial charge in [-0.2, -0.15) is 5.10 Å². The minimum atomic E-state index is -0.339. The van der Waals surface area contributed by atoms with Crippen molar-refractivity contribution < 1.29 is 4.79 Å². The number of carbonyl (C=O) groups excluding carboxylic acids is 1. The smallest absolute Gasteiger partial charge is 0.237 e. The van der Waals surface area contributed by atoms with Crippen LogP contribution in [0, 0.1) is 13.8 Å². The summed E-state index contributed by atoms with van der Waals surface area (Å²) in [5.41, 5.74) is 3.40. The summed E-state index contributed by atoms with van der Waals surface area (Å²) >= 11 is 1.36. The molecule has 0 spiro atoms. The van der Waals surface area contributed by atoms with E-state index in [1.165, 1.54) is 24.6 Å². The number of anilines is 2. The maximum Gasteiger partial charge on any atom is 0.237 e. The lowest BCUT2D eigenvalue weighted by molar-refractivity contribution is -0.115. The molecule has 0 bridgehead atoms. The minimum Gasteiger partial charge on any atom is -0.367 e. The maximum atomic E-state index is 12.7. The molecule has 2 heterocycles. The molecular formula is C20H24N6OS. The molecule has 1 aliphatic rings. The fraction of sp³-hybridized carbons (Fsp3) is 0.400. The Bertz CT molecular complexity index is 1040. The molecule has 1 aliphatic carbocycles. The van der Waals surface area contributed by atoms with Gasteiger partial charge in [0.2, 0.25) is 5.91 Å². The zero-order valence-electron chi connectivity index (χ0n) is 16.5. The number of thioether (sulfide) groups is 1. The predicted octanol–water partition coefficient (Wildman–Crippen LogP) is 3.67. The Hall–Kier alpha value is -2.61. The van der Waals surface area contributed by atoms with E-state index in [0.29, 0.717) is 11.2 Å². The largest absolute Gasteiger partial charge is 0.367 e. The fourth-order valence-electron chi connectivity index (χ4n) is 3.03. The van der Waals surface area contributed by atoms with E-state index in [-0.39, 0.29) is 11.2 Å². The van der Waals surface area contributed by atoms with Gasteiger partial charge in [0.05, 0.1) is 27.8 Å². The highest BCUT2D eigenvalue weighted by atomic mass is 32.2. The molecule has 0 saturated heterocycles. The SMILES string of the molecule is Cc1nn(C)c(C)c1NC(=O)[C@@H](C)Sc1nc(NC2CC2)c2ccccc2n1. The third-order valence-corrected chi connectivity index (χ3v) is 5.87. The summed E-state index contributed by atoms with van der Waals surface area (Å²) in [4.78, 5) is 22.1. The van der Waals surface area contributed by atoms with E-state index in [9.17, 15) is 4.79 Å². The van der Waals surface area contributed by atoms with Crippen molar-refractivity contribution >= 4 is 40.1 Å². The molecule has 1 amide bonds. The summed E-state index contributed by atoms with van der Waals surface area (Å²) in [5.74, 6) is 0.764. The molecular weight excluding hydrogens is 372 g/mol. The van der Waals surface area contributed by atoms with Gasteiger partial charge in [-0.15, -0.1) is 0 Å². The Kier molecular flexibility index (Phi) is 4.97. The first-order chi connectivity index (χ1) is 13.4. The first-order valence-electron chi connectivity index (χ1n) is 9.43. The molecule has 1 fully saturated rings. The van der Waals surface area contributed by atoms with Crippen LogP contribution in [-0.2, 0) is 11.8 Å². The summed E-state index contributed by atoms with van der Waals surface area (Å²) in [6.45, 7) is 5.70. The topological polar surface area (TPSA) is 84.7 Å². The highest BCUT2D eigenvalue weighted by molar-refractivity contribution is 8.00. The normalized spacial score (nSPS) is 14.9. The monoisotopic (exact) mass is 396 g/mol. The number of carbonyl (C=O) groups is 1. The van der Waals surface area contributed by atoms with Crippen molar-refractivity contribution in [1.29, 1.82) is 0 Å². The highest BCUT2D eigenvalue weighted by Gasteiger charge is 2.24. The molecule has 28 heavy (non-hydrogen) atoms. The summed E-state index contributed by atoms with van der Waals surface area (Å²) in [6, 6.07) is 8.46. The van der Waals surface area contributed by atoms with Crippen LogP contribution >= 0.6 is 11.8 Å². The van der Waals surface area contributed by atoms with E-state index < -0.39 is 0 Å². The highest BCUT2D eigenvalue weighted by Crippen LogP contribution is 2.31. The zero-order chi connectivity index (χ0) is 19.8. The van der Waals surface area contributed by atoms with Gasteiger partial charge in [-0.05, 0) is 45.7 Å². The van der Waals surface area contributed by atoms with Crippen LogP contribution in [0.5, 0.6) is 0 Å². The molecule has 1 aromatic carbocycles. The number of rotatable bonds is 6. The summed E-state index contributed by atoms with van der Waals surface area (Å²) < 4.78 is 1.77. The number of nitrogens with zero attached hydrogens (tertiary/aromatic N) is 4. The van der Waals surface area contributed by atoms with Crippen molar-refractivity contribution in [3.05, 3.63) is 35.7 Å². The van der Waals surface area contributed by atoms with Gasteiger partial charge in [-0.25, -0.2) is 9.97 Å². The van der Waals surface area contributed by atoms with Crippen LogP contribution < -0.4 is 10.6 Å². The molecule has 8 heteroatoms. The molecule has 2 N–H and O–H groups in total. The second-order valence-corrected chi connectivity index (χ2v) is 8.52. The number of aryl methyl sites for hydroxylation is 2. The number of fused-ring (bicyclic) bond motifs is 1. The van der Waals surface area contributed by atoms with Gasteiger partial charge in [0.15, 0.2) is 5.16 Å². The Morgan fingerprint density at radius 1 is 1.25 bits per heavy atom. The van der Waals surface area contributed by atoms with Crippen LogP contribution in [0.15, 0.2) is 29.4 Å². The Morgan fingerprint density at radius 3 is 2.68 bits per heavy atom. The van der Waals surface area contributed by atoms with Crippen molar-refractivity contribution in [3.8, 4) is 0 Å². The van der Waals surface area contributed by atoms with Crippen LogP contribution in [0.3, 0.4) is 0 Å². The average Bonchev–Trinajstić information content (AvgIpc) is 3.45. The molecule has 146 valence electrons. The molecule has 3 aromatic rings. The van der Waals surface area contributed by atoms with Gasteiger partial charge in [0, 0.05) is 18.5 Å². The van der Waals surface area contributed by atoms with Crippen LogP contribution in [0.25, 0.3) is 10.9 Å². The Labute approximate surface area is 168 Å². The minimum absolute atomic E-state index is 0.0855. The maximum absolute atomic E-state index is 12.7. The van der Waals surface area contributed by atoms with Gasteiger partial charge in [0.1, 0.15) is 5.82 Å². The van der Waals surface area contributed by atoms with Gasteiger partial charge >= 0.3 is 0 Å². The molecule has 1 saturated carbocycles. The summed E-state index contributed by atoms with van der Waals surface area (Å²) in [7, 11) is 1.87. The lowest BCUT2D eigenvalue weighted by Gasteiger charge is -2.13. The Morgan fingerprint density at radius 2 is 2.00 bits per heavy atom. The quantitative estimate of drug-likeness (QED) is 0.488. The number of amides is 1. The number of hydrogen-bond donors (Lipinski definition) is 2. The molecule has 4 rings (SSSR count). The van der Waals surface area contributed by atoms with Crippen LogP contribution in [0.1, 0.15) is 31.2 Å². The molecule has 2 aromatic heterocycles. The second-order valence-electron chi connectivity index (χ2n) is 7.21. The van der Waals surface area contributed by atoms with E-state index in [2.05, 4.69) is 20.7 Å². The van der Waals surface area contributed by atoms with Gasteiger partial charge in [-0.1, -0.05) is 23.9 Å². The van der Waals surface area contributed by atoms with E-state index in [1.54, 1.807) is 4.68 Å². The van der Waals surface area contributed by atoms with Gasteiger partial charge in [-0.3, -0.25) is 9.48 Å². The van der Waals surface area contributed by atoms with Gasteiger partial charge in [0.25, 0.3) is 0 Å². The lowest BCUT2D eigenvalue weighted by Crippen LogP contribution is -2.23. The second kappa shape index (κ2) is 7.43. The first-order valence-corrected chi connectivity index (χ1v) is 10.3. The number of hydrogen-bond acceptors (Lipinski definition) is 6. The fourth-order valence-corrected chi connectivity index (χ4v) is 3.81. The molecule has 0 aliphatic heterocycles. The van der Waals surface area contributed by atoms with E-state index in [1.807, 2.05) is 52.1 Å². The van der Waals surface area contributed by atoms with Crippen molar-refractivity contribution in [1.82, 2.24) is 19.7 Å². The van der Waals surface area contributed by atoms with Crippen LogP contribution in [0.2, 0.25) is 0 Å². The van der Waals surface area contributed by atoms with Crippen molar-refractivity contribution in [2.24, 2.45) is 7.05 Å². The van der Waals surface area contributed by atoms with Crippen molar-refractivity contribution in [2.45, 2.75) is 50.1 Å². The molecule has 1 atom stereocenters.